The number of hydrogen-bond donors (Lipinski definition) is 3. The lowest BCUT2D eigenvalue weighted by Crippen LogP contribution is -2.48. The van der Waals surface area contributed by atoms with Gasteiger partial charge in [-0.2, -0.15) is 0 Å². The van der Waals surface area contributed by atoms with Crippen molar-refractivity contribution in [2.75, 3.05) is 19.7 Å². The predicted molar refractivity (Wildman–Crippen MR) is 79.6 cm³/mol. The maximum atomic E-state index is 9.89. The fourth-order valence-corrected chi connectivity index (χ4v) is 2.60. The van der Waals surface area contributed by atoms with E-state index in [1.807, 2.05) is 0 Å². The molecule has 0 radical (unpaired) electrons. The Balaban J connectivity index is 1.70. The van der Waals surface area contributed by atoms with Gasteiger partial charge < -0.3 is 20.3 Å². The Hall–Kier alpha value is -0.520. The van der Waals surface area contributed by atoms with E-state index in [2.05, 4.69) is 5.32 Å². The van der Waals surface area contributed by atoms with Gasteiger partial charge in [0.1, 0.15) is 12.7 Å². The smallest absolute Gasteiger partial charge is 0.156 e. The van der Waals surface area contributed by atoms with Crippen LogP contribution in [0, 0.1) is 0 Å². The summed E-state index contributed by atoms with van der Waals surface area (Å²) in [5, 5.41) is 23.6. The molecule has 0 amide bonds. The molecular formula is C14H19Cl2NO3. The summed E-state index contributed by atoms with van der Waals surface area (Å²) in [4.78, 5) is 0. The zero-order valence-corrected chi connectivity index (χ0v) is 12.6. The molecule has 0 aromatic heterocycles. The molecule has 1 fully saturated rings. The minimum Gasteiger partial charge on any atom is -0.488 e. The summed E-state index contributed by atoms with van der Waals surface area (Å²) in [6.07, 6.45) is 2.02. The van der Waals surface area contributed by atoms with Gasteiger partial charge in [0.05, 0.1) is 15.6 Å². The second kappa shape index (κ2) is 6.96. The van der Waals surface area contributed by atoms with E-state index in [9.17, 15) is 10.2 Å². The van der Waals surface area contributed by atoms with Gasteiger partial charge in [0.2, 0.25) is 0 Å². The van der Waals surface area contributed by atoms with Gasteiger partial charge in [-0.15, -0.1) is 0 Å². The molecule has 3 N–H and O–H groups in total. The zero-order chi connectivity index (χ0) is 14.6. The van der Waals surface area contributed by atoms with E-state index in [1.165, 1.54) is 0 Å². The van der Waals surface area contributed by atoms with Crippen molar-refractivity contribution in [3.8, 4) is 5.75 Å². The van der Waals surface area contributed by atoms with Crippen molar-refractivity contribution in [2.45, 2.75) is 31.0 Å². The molecule has 1 unspecified atom stereocenters. The van der Waals surface area contributed by atoms with Crippen LogP contribution in [0.25, 0.3) is 0 Å². The third kappa shape index (κ3) is 4.24. The third-order valence-corrected chi connectivity index (χ3v) is 4.05. The van der Waals surface area contributed by atoms with Crippen molar-refractivity contribution in [3.05, 3.63) is 28.2 Å². The van der Waals surface area contributed by atoms with Gasteiger partial charge in [-0.05, 0) is 31.4 Å². The molecule has 1 aromatic rings. The molecule has 112 valence electrons. The first-order valence-electron chi connectivity index (χ1n) is 6.68. The average Bonchev–Trinajstić information content (AvgIpc) is 2.36. The number of halogens is 2. The topological polar surface area (TPSA) is 61.7 Å². The van der Waals surface area contributed by atoms with E-state index in [4.69, 9.17) is 27.9 Å². The van der Waals surface area contributed by atoms with Crippen molar-refractivity contribution < 1.29 is 14.9 Å². The Kier molecular flexibility index (Phi) is 5.52. The number of para-hydroxylation sites is 1. The van der Waals surface area contributed by atoms with E-state index in [-0.39, 0.29) is 6.61 Å². The van der Waals surface area contributed by atoms with Gasteiger partial charge in [-0.25, -0.2) is 0 Å². The van der Waals surface area contributed by atoms with Crippen LogP contribution in [0.15, 0.2) is 18.2 Å². The quantitative estimate of drug-likeness (QED) is 0.721. The summed E-state index contributed by atoms with van der Waals surface area (Å²) in [6.45, 7) is 0.941. The van der Waals surface area contributed by atoms with Crippen LogP contribution in [0.1, 0.15) is 19.3 Å². The Labute approximate surface area is 128 Å². The van der Waals surface area contributed by atoms with E-state index in [0.29, 0.717) is 28.9 Å². The number of nitrogens with one attached hydrogen (secondary N) is 1. The molecule has 1 aromatic carbocycles. The SMILES string of the molecule is OC(CNCC1(O)CCC1)COc1c(Cl)cccc1Cl. The van der Waals surface area contributed by atoms with Gasteiger partial charge in [0.15, 0.2) is 5.75 Å². The predicted octanol–water partition coefficient (Wildman–Crippen LogP) is 2.24. The number of hydrogen-bond acceptors (Lipinski definition) is 4. The molecule has 1 aliphatic carbocycles. The summed E-state index contributed by atoms with van der Waals surface area (Å²) < 4.78 is 5.44. The van der Waals surface area contributed by atoms with Crippen molar-refractivity contribution in [1.29, 1.82) is 0 Å². The molecule has 2 rings (SSSR count). The van der Waals surface area contributed by atoms with Crippen LogP contribution in [0.5, 0.6) is 5.75 Å². The molecule has 0 heterocycles. The highest BCUT2D eigenvalue weighted by atomic mass is 35.5. The normalized spacial score (nSPS) is 18.4. The molecule has 0 aliphatic heterocycles. The van der Waals surface area contributed by atoms with Crippen LogP contribution in [0.4, 0.5) is 0 Å². The number of rotatable bonds is 7. The lowest BCUT2D eigenvalue weighted by atomic mass is 9.80. The minimum absolute atomic E-state index is 0.0921. The van der Waals surface area contributed by atoms with E-state index >= 15 is 0 Å². The first kappa shape index (κ1) is 15.9. The lowest BCUT2D eigenvalue weighted by Gasteiger charge is -2.36. The van der Waals surface area contributed by atoms with Crippen LogP contribution in [0.3, 0.4) is 0 Å². The fraction of sp³-hybridized carbons (Fsp3) is 0.571. The maximum absolute atomic E-state index is 9.89. The third-order valence-electron chi connectivity index (χ3n) is 3.46. The molecule has 1 aliphatic rings. The first-order valence-corrected chi connectivity index (χ1v) is 7.44. The number of ether oxygens (including phenoxy) is 1. The highest BCUT2D eigenvalue weighted by molar-refractivity contribution is 6.37. The Morgan fingerprint density at radius 2 is 1.95 bits per heavy atom. The van der Waals surface area contributed by atoms with Gasteiger partial charge in [-0.3, -0.25) is 0 Å². The Bertz CT molecular complexity index is 432. The number of aliphatic hydroxyl groups excluding tert-OH is 1. The molecule has 20 heavy (non-hydrogen) atoms. The summed E-state index contributed by atoms with van der Waals surface area (Å²) >= 11 is 11.9. The molecule has 0 bridgehead atoms. The van der Waals surface area contributed by atoms with Crippen molar-refractivity contribution in [1.82, 2.24) is 5.32 Å². The minimum atomic E-state index is -0.689. The van der Waals surface area contributed by atoms with Crippen LogP contribution < -0.4 is 10.1 Å². The number of aliphatic hydroxyl groups is 2. The largest absolute Gasteiger partial charge is 0.488 e. The second-order valence-electron chi connectivity index (χ2n) is 5.22. The molecule has 1 saturated carbocycles. The number of benzene rings is 1. The van der Waals surface area contributed by atoms with Gasteiger partial charge >= 0.3 is 0 Å². The van der Waals surface area contributed by atoms with Gasteiger partial charge in [0, 0.05) is 13.1 Å². The second-order valence-corrected chi connectivity index (χ2v) is 6.04. The fourth-order valence-electron chi connectivity index (χ4n) is 2.09. The highest BCUT2D eigenvalue weighted by Crippen LogP contribution is 2.32. The summed E-state index contributed by atoms with van der Waals surface area (Å²) in [5.41, 5.74) is -0.591. The van der Waals surface area contributed by atoms with E-state index in [0.717, 1.165) is 19.3 Å². The van der Waals surface area contributed by atoms with Crippen LogP contribution in [-0.2, 0) is 0 Å². The molecule has 6 heteroatoms. The van der Waals surface area contributed by atoms with Crippen LogP contribution in [0.2, 0.25) is 10.0 Å². The first-order chi connectivity index (χ1) is 9.50. The molecule has 1 atom stereocenters. The summed E-state index contributed by atoms with van der Waals surface area (Å²) in [5.74, 6) is 0.382. The lowest BCUT2D eigenvalue weighted by molar-refractivity contribution is -0.0334. The monoisotopic (exact) mass is 319 g/mol. The van der Waals surface area contributed by atoms with Crippen LogP contribution in [-0.4, -0.2) is 41.6 Å². The van der Waals surface area contributed by atoms with Gasteiger partial charge in [-0.1, -0.05) is 29.3 Å². The molecule has 4 nitrogen and oxygen atoms in total. The van der Waals surface area contributed by atoms with Gasteiger partial charge in [0.25, 0.3) is 0 Å². The standard InChI is InChI=1S/C14H19Cl2NO3/c15-11-3-1-4-12(16)13(11)20-8-10(18)7-17-9-14(19)5-2-6-14/h1,3-4,10,17-19H,2,5-9H2. The van der Waals surface area contributed by atoms with E-state index < -0.39 is 11.7 Å². The maximum Gasteiger partial charge on any atom is 0.156 e. The highest BCUT2D eigenvalue weighted by Gasteiger charge is 2.33. The van der Waals surface area contributed by atoms with E-state index in [1.54, 1.807) is 18.2 Å². The van der Waals surface area contributed by atoms with Crippen molar-refractivity contribution in [2.24, 2.45) is 0 Å². The summed E-state index contributed by atoms with van der Waals surface area (Å²) in [6, 6.07) is 5.09. The van der Waals surface area contributed by atoms with Crippen molar-refractivity contribution in [3.63, 3.8) is 0 Å². The summed E-state index contributed by atoms with van der Waals surface area (Å²) in [7, 11) is 0. The van der Waals surface area contributed by atoms with Crippen molar-refractivity contribution >= 4 is 23.2 Å². The average molecular weight is 320 g/mol. The zero-order valence-electron chi connectivity index (χ0n) is 11.1. The Morgan fingerprint density at radius 3 is 2.50 bits per heavy atom. The molecule has 0 spiro atoms. The molecular weight excluding hydrogens is 301 g/mol. The van der Waals surface area contributed by atoms with Crippen LogP contribution >= 0.6 is 23.2 Å². The Morgan fingerprint density at radius 1 is 1.30 bits per heavy atom. The molecule has 0 saturated heterocycles.